The summed E-state index contributed by atoms with van der Waals surface area (Å²) in [5.74, 6) is 1.76. The van der Waals surface area contributed by atoms with Gasteiger partial charge < -0.3 is 19.8 Å². The van der Waals surface area contributed by atoms with E-state index in [1.165, 1.54) is 5.56 Å². The van der Waals surface area contributed by atoms with Crippen LogP contribution in [-0.2, 0) is 17.7 Å². The van der Waals surface area contributed by atoms with Gasteiger partial charge in [0, 0.05) is 26.1 Å². The van der Waals surface area contributed by atoms with Crippen LogP contribution in [0.5, 0.6) is 0 Å². The Morgan fingerprint density at radius 1 is 1.08 bits per heavy atom. The number of nitrogens with zero attached hydrogens (tertiary/aromatic N) is 1. The molecule has 0 radical (unpaired) electrons. The summed E-state index contributed by atoms with van der Waals surface area (Å²) >= 11 is 0. The van der Waals surface area contributed by atoms with Crippen molar-refractivity contribution in [2.75, 3.05) is 26.3 Å². The molecular weight excluding hydrogens is 417 g/mol. The molecule has 2 N–H and O–H groups in total. The Morgan fingerprint density at radius 2 is 1.88 bits per heavy atom. The predicted octanol–water partition coefficient (Wildman–Crippen LogP) is 3.21. The van der Waals surface area contributed by atoms with Gasteiger partial charge in [0.15, 0.2) is 5.96 Å². The minimum Gasteiger partial charge on any atom is -0.469 e. The van der Waals surface area contributed by atoms with E-state index in [-0.39, 0.29) is 24.0 Å². The molecule has 2 aromatic rings. The number of ether oxygens (including phenoxy) is 1. The van der Waals surface area contributed by atoms with Crippen molar-refractivity contribution in [3.63, 3.8) is 0 Å². The minimum absolute atomic E-state index is 0. The monoisotopic (exact) mass is 443 g/mol. The van der Waals surface area contributed by atoms with E-state index in [0.29, 0.717) is 13.2 Å². The zero-order chi connectivity index (χ0) is 16.2. The highest BCUT2D eigenvalue weighted by atomic mass is 127. The number of guanidine groups is 1. The van der Waals surface area contributed by atoms with Gasteiger partial charge in [-0.05, 0) is 24.6 Å². The van der Waals surface area contributed by atoms with E-state index in [1.54, 1.807) is 6.26 Å². The Labute approximate surface area is 160 Å². The molecule has 1 heterocycles. The van der Waals surface area contributed by atoms with Crippen LogP contribution in [0.15, 0.2) is 58.1 Å². The summed E-state index contributed by atoms with van der Waals surface area (Å²) in [6.07, 6.45) is 2.52. The van der Waals surface area contributed by atoms with Gasteiger partial charge in [-0.2, -0.15) is 0 Å². The number of aliphatic imine (C=N–C) groups is 1. The molecule has 0 aliphatic heterocycles. The van der Waals surface area contributed by atoms with Crippen LogP contribution in [0.4, 0.5) is 0 Å². The van der Waals surface area contributed by atoms with Gasteiger partial charge in [0.2, 0.25) is 0 Å². The Balaban J connectivity index is 0.00000288. The third kappa shape index (κ3) is 8.35. The molecule has 0 saturated heterocycles. The SMILES string of the molecule is CCOCCNC(=NCc1ccccc1)NCCc1ccco1.I. The van der Waals surface area contributed by atoms with E-state index in [4.69, 9.17) is 9.15 Å². The lowest BCUT2D eigenvalue weighted by Crippen LogP contribution is -2.40. The van der Waals surface area contributed by atoms with Crippen LogP contribution in [0.25, 0.3) is 0 Å². The molecule has 0 aliphatic carbocycles. The van der Waals surface area contributed by atoms with Crippen molar-refractivity contribution in [2.24, 2.45) is 4.99 Å². The topological polar surface area (TPSA) is 58.8 Å². The fourth-order valence-electron chi connectivity index (χ4n) is 2.07. The molecule has 0 atom stereocenters. The van der Waals surface area contributed by atoms with Crippen molar-refractivity contribution < 1.29 is 9.15 Å². The van der Waals surface area contributed by atoms with Gasteiger partial charge in [0.1, 0.15) is 5.76 Å². The molecular formula is C18H26IN3O2. The Morgan fingerprint density at radius 3 is 2.58 bits per heavy atom. The molecule has 0 fully saturated rings. The second kappa shape index (κ2) is 12.8. The number of halogens is 1. The summed E-state index contributed by atoms with van der Waals surface area (Å²) in [7, 11) is 0. The third-order valence-electron chi connectivity index (χ3n) is 3.25. The first-order chi connectivity index (χ1) is 11.4. The van der Waals surface area contributed by atoms with Crippen molar-refractivity contribution in [3.8, 4) is 0 Å². The highest BCUT2D eigenvalue weighted by Crippen LogP contribution is 2.01. The number of nitrogens with one attached hydrogen (secondary N) is 2. The molecule has 2 rings (SSSR count). The fraction of sp³-hybridized carbons (Fsp3) is 0.389. The minimum atomic E-state index is 0. The molecule has 1 aromatic heterocycles. The lowest BCUT2D eigenvalue weighted by Gasteiger charge is -2.12. The smallest absolute Gasteiger partial charge is 0.191 e. The number of hydrogen-bond acceptors (Lipinski definition) is 3. The lowest BCUT2D eigenvalue weighted by atomic mass is 10.2. The highest BCUT2D eigenvalue weighted by molar-refractivity contribution is 14.0. The average Bonchev–Trinajstić information content (AvgIpc) is 3.10. The van der Waals surface area contributed by atoms with Crippen molar-refractivity contribution in [3.05, 3.63) is 60.1 Å². The molecule has 1 aromatic carbocycles. The fourth-order valence-corrected chi connectivity index (χ4v) is 2.07. The number of furan rings is 1. The van der Waals surface area contributed by atoms with Gasteiger partial charge in [-0.3, -0.25) is 0 Å². The lowest BCUT2D eigenvalue weighted by molar-refractivity contribution is 0.152. The van der Waals surface area contributed by atoms with Gasteiger partial charge >= 0.3 is 0 Å². The number of rotatable bonds is 9. The molecule has 0 aliphatic rings. The maximum Gasteiger partial charge on any atom is 0.191 e. The first-order valence-corrected chi connectivity index (χ1v) is 8.04. The zero-order valence-corrected chi connectivity index (χ0v) is 16.4. The van der Waals surface area contributed by atoms with Gasteiger partial charge in [0.25, 0.3) is 0 Å². The summed E-state index contributed by atoms with van der Waals surface area (Å²) in [5.41, 5.74) is 1.18. The molecule has 0 saturated carbocycles. The first-order valence-electron chi connectivity index (χ1n) is 8.04. The van der Waals surface area contributed by atoms with Gasteiger partial charge in [-0.25, -0.2) is 4.99 Å². The van der Waals surface area contributed by atoms with Crippen LogP contribution in [0, 0.1) is 0 Å². The molecule has 132 valence electrons. The summed E-state index contributed by atoms with van der Waals surface area (Å²) in [5, 5.41) is 6.62. The summed E-state index contributed by atoms with van der Waals surface area (Å²) < 4.78 is 10.7. The van der Waals surface area contributed by atoms with Crippen LogP contribution in [0.2, 0.25) is 0 Å². The first kappa shape index (κ1) is 20.5. The Kier molecular flexibility index (Phi) is 11.0. The van der Waals surface area contributed by atoms with Gasteiger partial charge in [0.05, 0.1) is 19.4 Å². The normalized spacial score (nSPS) is 11.0. The molecule has 5 nitrogen and oxygen atoms in total. The molecule has 0 spiro atoms. The van der Waals surface area contributed by atoms with E-state index in [9.17, 15) is 0 Å². The third-order valence-corrected chi connectivity index (χ3v) is 3.25. The average molecular weight is 443 g/mol. The molecule has 0 unspecified atom stereocenters. The van der Waals surface area contributed by atoms with Crippen LogP contribution in [0.3, 0.4) is 0 Å². The molecule has 6 heteroatoms. The predicted molar refractivity (Wildman–Crippen MR) is 108 cm³/mol. The van der Waals surface area contributed by atoms with Gasteiger partial charge in [-0.1, -0.05) is 30.3 Å². The standard InChI is InChI=1S/C18H25N3O2.HI/c1-2-22-14-12-20-18(19-11-10-17-9-6-13-23-17)21-15-16-7-4-3-5-8-16;/h3-9,13H,2,10-12,14-15H2,1H3,(H2,19,20,21);1H. The van der Waals surface area contributed by atoms with E-state index in [1.807, 2.05) is 37.3 Å². The van der Waals surface area contributed by atoms with E-state index >= 15 is 0 Å². The second-order valence-electron chi connectivity index (χ2n) is 5.03. The summed E-state index contributed by atoms with van der Waals surface area (Å²) in [6, 6.07) is 14.1. The number of benzene rings is 1. The van der Waals surface area contributed by atoms with E-state index in [0.717, 1.165) is 37.8 Å². The second-order valence-corrected chi connectivity index (χ2v) is 5.03. The van der Waals surface area contributed by atoms with Crippen LogP contribution < -0.4 is 10.6 Å². The maximum atomic E-state index is 5.35. The van der Waals surface area contributed by atoms with Crippen molar-refractivity contribution in [2.45, 2.75) is 19.9 Å². The van der Waals surface area contributed by atoms with Crippen LogP contribution in [-0.4, -0.2) is 32.3 Å². The van der Waals surface area contributed by atoms with Crippen LogP contribution >= 0.6 is 24.0 Å². The zero-order valence-electron chi connectivity index (χ0n) is 14.0. The molecule has 24 heavy (non-hydrogen) atoms. The molecule has 0 bridgehead atoms. The van der Waals surface area contributed by atoms with Crippen molar-refractivity contribution >= 4 is 29.9 Å². The largest absolute Gasteiger partial charge is 0.469 e. The van der Waals surface area contributed by atoms with Crippen molar-refractivity contribution in [1.29, 1.82) is 0 Å². The Bertz CT molecular complexity index is 559. The Hall–Kier alpha value is -1.54. The highest BCUT2D eigenvalue weighted by Gasteiger charge is 2.00. The van der Waals surface area contributed by atoms with Crippen molar-refractivity contribution in [1.82, 2.24) is 10.6 Å². The molecule has 0 amide bonds. The van der Waals surface area contributed by atoms with E-state index in [2.05, 4.69) is 27.8 Å². The quantitative estimate of drug-likeness (QED) is 0.271. The maximum absolute atomic E-state index is 5.35. The van der Waals surface area contributed by atoms with Crippen LogP contribution in [0.1, 0.15) is 18.2 Å². The summed E-state index contributed by atoms with van der Waals surface area (Å²) in [6.45, 7) is 5.53. The van der Waals surface area contributed by atoms with E-state index < -0.39 is 0 Å². The van der Waals surface area contributed by atoms with Gasteiger partial charge in [-0.15, -0.1) is 24.0 Å². The summed E-state index contributed by atoms with van der Waals surface area (Å²) in [4.78, 5) is 4.62. The number of hydrogen-bond donors (Lipinski definition) is 2.